The fourth-order valence-electron chi connectivity index (χ4n) is 1.49. The number of sulfonamides is 1. The molecule has 0 aliphatic heterocycles. The van der Waals surface area contributed by atoms with Crippen LogP contribution in [0.15, 0.2) is 24.3 Å². The van der Waals surface area contributed by atoms with E-state index in [0.29, 0.717) is 12.1 Å². The van der Waals surface area contributed by atoms with Gasteiger partial charge in [-0.05, 0) is 17.5 Å². The maximum absolute atomic E-state index is 11.7. The van der Waals surface area contributed by atoms with Crippen LogP contribution in [0.5, 0.6) is 0 Å². The van der Waals surface area contributed by atoms with Gasteiger partial charge in [-0.15, -0.1) is 0 Å². The second-order valence-electron chi connectivity index (χ2n) is 3.99. The van der Waals surface area contributed by atoms with Crippen molar-refractivity contribution in [3.05, 3.63) is 35.4 Å². The summed E-state index contributed by atoms with van der Waals surface area (Å²) in [4.78, 5) is 0. The van der Waals surface area contributed by atoms with E-state index in [-0.39, 0.29) is 12.4 Å². The quantitative estimate of drug-likeness (QED) is 0.726. The predicted molar refractivity (Wildman–Crippen MR) is 67.9 cm³/mol. The summed E-state index contributed by atoms with van der Waals surface area (Å²) in [5.41, 5.74) is 1.42. The summed E-state index contributed by atoms with van der Waals surface area (Å²) in [6, 6.07) is 6.97. The molecule has 1 aromatic rings. The smallest absolute Gasteiger partial charge is 0.215 e. The predicted octanol–water partition coefficient (Wildman–Crippen LogP) is 1.40. The van der Waals surface area contributed by atoms with Gasteiger partial charge in [-0.25, -0.2) is 13.1 Å². The Labute approximate surface area is 103 Å². The fraction of sp³-hybridized carbons (Fsp3) is 0.500. The highest BCUT2D eigenvalue weighted by molar-refractivity contribution is 7.88. The first-order chi connectivity index (χ1) is 8.07. The number of aliphatic hydroxyl groups excluding tert-OH is 1. The van der Waals surface area contributed by atoms with Crippen LogP contribution in [0.4, 0.5) is 0 Å². The zero-order chi connectivity index (χ0) is 12.7. The maximum atomic E-state index is 11.7. The second-order valence-corrected chi connectivity index (χ2v) is 5.79. The molecule has 0 saturated heterocycles. The van der Waals surface area contributed by atoms with Gasteiger partial charge in [-0.2, -0.15) is 0 Å². The molecule has 0 atom stereocenters. The molecule has 0 bridgehead atoms. The van der Waals surface area contributed by atoms with E-state index in [0.717, 1.165) is 18.4 Å². The van der Waals surface area contributed by atoms with Gasteiger partial charge in [0, 0.05) is 6.54 Å². The Balaban J connectivity index is 2.62. The third kappa shape index (κ3) is 5.30. The number of unbranched alkanes of at least 4 members (excludes halogenated alkanes) is 1. The van der Waals surface area contributed by atoms with Crippen molar-refractivity contribution in [2.75, 3.05) is 6.54 Å². The molecule has 5 heteroatoms. The Morgan fingerprint density at radius 2 is 2.00 bits per heavy atom. The molecule has 4 nitrogen and oxygen atoms in total. The summed E-state index contributed by atoms with van der Waals surface area (Å²) >= 11 is 0. The van der Waals surface area contributed by atoms with Crippen molar-refractivity contribution in [2.24, 2.45) is 0 Å². The molecule has 0 saturated carbocycles. The van der Waals surface area contributed by atoms with Crippen LogP contribution in [0.3, 0.4) is 0 Å². The van der Waals surface area contributed by atoms with Crippen molar-refractivity contribution in [3.8, 4) is 0 Å². The van der Waals surface area contributed by atoms with Gasteiger partial charge in [-0.1, -0.05) is 37.6 Å². The Kier molecular flexibility index (Phi) is 5.61. The van der Waals surface area contributed by atoms with E-state index < -0.39 is 10.0 Å². The number of hydrogen-bond donors (Lipinski definition) is 2. The second kappa shape index (κ2) is 6.74. The zero-order valence-electron chi connectivity index (χ0n) is 10.0. The minimum Gasteiger partial charge on any atom is -0.392 e. The van der Waals surface area contributed by atoms with E-state index >= 15 is 0 Å². The van der Waals surface area contributed by atoms with Gasteiger partial charge in [-0.3, -0.25) is 0 Å². The average Bonchev–Trinajstić information content (AvgIpc) is 2.29. The van der Waals surface area contributed by atoms with Crippen LogP contribution in [0.2, 0.25) is 0 Å². The summed E-state index contributed by atoms with van der Waals surface area (Å²) in [5, 5.41) is 8.97. The number of nitrogens with one attached hydrogen (secondary N) is 1. The molecule has 0 amide bonds. The molecule has 96 valence electrons. The van der Waals surface area contributed by atoms with Crippen molar-refractivity contribution in [2.45, 2.75) is 32.1 Å². The molecular weight excluding hydrogens is 238 g/mol. The standard InChI is InChI=1S/C12H19NO3S/c1-2-3-7-13-17(15,16)10-12-6-4-5-11(8-12)9-14/h4-6,8,13-14H,2-3,7,9-10H2,1H3. The summed E-state index contributed by atoms with van der Waals surface area (Å²) in [5.74, 6) is -0.0371. The molecule has 0 radical (unpaired) electrons. The first kappa shape index (κ1) is 14.2. The summed E-state index contributed by atoms with van der Waals surface area (Å²) < 4.78 is 26.0. The van der Waals surface area contributed by atoms with Crippen molar-refractivity contribution >= 4 is 10.0 Å². The summed E-state index contributed by atoms with van der Waals surface area (Å²) in [6.07, 6.45) is 1.80. The number of rotatable bonds is 7. The van der Waals surface area contributed by atoms with Gasteiger partial charge >= 0.3 is 0 Å². The topological polar surface area (TPSA) is 66.4 Å². The van der Waals surface area contributed by atoms with E-state index in [2.05, 4.69) is 4.72 Å². The average molecular weight is 257 g/mol. The zero-order valence-corrected chi connectivity index (χ0v) is 10.8. The number of hydrogen-bond acceptors (Lipinski definition) is 3. The molecule has 1 rings (SSSR count). The van der Waals surface area contributed by atoms with Gasteiger partial charge in [0.15, 0.2) is 0 Å². The van der Waals surface area contributed by atoms with E-state index in [9.17, 15) is 8.42 Å². The van der Waals surface area contributed by atoms with Crippen LogP contribution in [0, 0.1) is 0 Å². The SMILES string of the molecule is CCCCNS(=O)(=O)Cc1cccc(CO)c1. The molecule has 2 N–H and O–H groups in total. The van der Waals surface area contributed by atoms with E-state index in [1.54, 1.807) is 24.3 Å². The van der Waals surface area contributed by atoms with E-state index in [4.69, 9.17) is 5.11 Å². The molecule has 0 heterocycles. The molecule has 0 unspecified atom stereocenters. The van der Waals surface area contributed by atoms with Gasteiger partial charge in [0.2, 0.25) is 10.0 Å². The van der Waals surface area contributed by atoms with Gasteiger partial charge in [0.25, 0.3) is 0 Å². The van der Waals surface area contributed by atoms with E-state index in [1.807, 2.05) is 6.92 Å². The Bertz CT molecular complexity index is 443. The lowest BCUT2D eigenvalue weighted by Gasteiger charge is -2.07. The first-order valence-electron chi connectivity index (χ1n) is 5.73. The van der Waals surface area contributed by atoms with Gasteiger partial charge in [0.1, 0.15) is 0 Å². The van der Waals surface area contributed by atoms with Crippen molar-refractivity contribution in [3.63, 3.8) is 0 Å². The van der Waals surface area contributed by atoms with Crippen molar-refractivity contribution in [1.29, 1.82) is 0 Å². The minimum atomic E-state index is -3.26. The highest BCUT2D eigenvalue weighted by Gasteiger charge is 2.10. The Hall–Kier alpha value is -0.910. The van der Waals surface area contributed by atoms with Crippen molar-refractivity contribution < 1.29 is 13.5 Å². The monoisotopic (exact) mass is 257 g/mol. The highest BCUT2D eigenvalue weighted by Crippen LogP contribution is 2.08. The first-order valence-corrected chi connectivity index (χ1v) is 7.38. The lowest BCUT2D eigenvalue weighted by atomic mass is 10.1. The van der Waals surface area contributed by atoms with Crippen LogP contribution in [-0.2, 0) is 22.4 Å². The molecule has 0 aliphatic carbocycles. The molecule has 1 aromatic carbocycles. The van der Waals surface area contributed by atoms with Gasteiger partial charge < -0.3 is 5.11 Å². The molecule has 0 fully saturated rings. The molecule has 0 spiro atoms. The lowest BCUT2D eigenvalue weighted by Crippen LogP contribution is -2.26. The van der Waals surface area contributed by atoms with Crippen LogP contribution in [-0.4, -0.2) is 20.1 Å². The molecular formula is C12H19NO3S. The highest BCUT2D eigenvalue weighted by atomic mass is 32.2. The minimum absolute atomic E-state index is 0.0371. The fourth-order valence-corrected chi connectivity index (χ4v) is 2.67. The van der Waals surface area contributed by atoms with Crippen LogP contribution < -0.4 is 4.72 Å². The third-order valence-corrected chi connectivity index (χ3v) is 3.74. The normalized spacial score (nSPS) is 11.6. The largest absolute Gasteiger partial charge is 0.392 e. The van der Waals surface area contributed by atoms with Crippen LogP contribution >= 0.6 is 0 Å². The Morgan fingerprint density at radius 3 is 2.65 bits per heavy atom. The van der Waals surface area contributed by atoms with Crippen LogP contribution in [0.25, 0.3) is 0 Å². The summed E-state index contributed by atoms with van der Waals surface area (Å²) in [6.45, 7) is 2.43. The molecule has 17 heavy (non-hydrogen) atoms. The van der Waals surface area contributed by atoms with E-state index in [1.165, 1.54) is 0 Å². The molecule has 0 aromatic heterocycles. The third-order valence-electron chi connectivity index (χ3n) is 2.38. The van der Waals surface area contributed by atoms with Crippen LogP contribution in [0.1, 0.15) is 30.9 Å². The Morgan fingerprint density at radius 1 is 1.29 bits per heavy atom. The van der Waals surface area contributed by atoms with Gasteiger partial charge in [0.05, 0.1) is 12.4 Å². The number of aliphatic hydroxyl groups is 1. The summed E-state index contributed by atoms with van der Waals surface area (Å²) in [7, 11) is -3.26. The number of benzene rings is 1. The van der Waals surface area contributed by atoms with Crippen molar-refractivity contribution in [1.82, 2.24) is 4.72 Å². The maximum Gasteiger partial charge on any atom is 0.215 e. The molecule has 0 aliphatic rings. The lowest BCUT2D eigenvalue weighted by molar-refractivity contribution is 0.282.